The van der Waals surface area contributed by atoms with Crippen LogP contribution in [0.1, 0.15) is 20.0 Å². The second-order valence-electron chi connectivity index (χ2n) is 5.44. The summed E-state index contributed by atoms with van der Waals surface area (Å²) in [7, 11) is 0. The van der Waals surface area contributed by atoms with Crippen LogP contribution in [0, 0.1) is 10.1 Å². The van der Waals surface area contributed by atoms with Gasteiger partial charge in [0, 0.05) is 25.2 Å². The quantitative estimate of drug-likeness (QED) is 0.618. The molecule has 0 unspecified atom stereocenters. The molecule has 9 nitrogen and oxygen atoms in total. The van der Waals surface area contributed by atoms with Crippen molar-refractivity contribution < 1.29 is 19.2 Å². The van der Waals surface area contributed by atoms with Crippen molar-refractivity contribution in [1.29, 1.82) is 0 Å². The number of nitrogens with zero attached hydrogens (tertiary/aromatic N) is 2. The zero-order valence-corrected chi connectivity index (χ0v) is 14.5. The maximum absolute atomic E-state index is 12.6. The Morgan fingerprint density at radius 1 is 1.15 bits per heavy atom. The van der Waals surface area contributed by atoms with E-state index in [0.717, 1.165) is 0 Å². The fourth-order valence-corrected chi connectivity index (χ4v) is 3.17. The Bertz CT molecular complexity index is 818. The summed E-state index contributed by atoms with van der Waals surface area (Å²) < 4.78 is 5.30. The van der Waals surface area contributed by atoms with Crippen LogP contribution in [0.4, 0.5) is 11.4 Å². The average molecular weight is 376 g/mol. The molecule has 1 fully saturated rings. The molecule has 1 aliphatic heterocycles. The SMILES string of the molecule is O=C(NNC(=O)c1cc([N+](=O)[O-])ccc1N1CCOCC1)c1cccs1. The molecule has 2 amide bonds. The van der Waals surface area contributed by atoms with Crippen LogP contribution in [0.25, 0.3) is 0 Å². The Morgan fingerprint density at radius 3 is 2.54 bits per heavy atom. The first-order valence-electron chi connectivity index (χ1n) is 7.81. The number of amides is 2. The Hall–Kier alpha value is -2.98. The first-order valence-corrected chi connectivity index (χ1v) is 8.69. The number of rotatable bonds is 4. The minimum absolute atomic E-state index is 0.118. The van der Waals surface area contributed by atoms with Crippen LogP contribution in [0.2, 0.25) is 0 Å². The number of anilines is 1. The maximum atomic E-state index is 12.6. The van der Waals surface area contributed by atoms with Gasteiger partial charge in [-0.15, -0.1) is 11.3 Å². The molecule has 1 aromatic carbocycles. The van der Waals surface area contributed by atoms with Crippen molar-refractivity contribution in [1.82, 2.24) is 10.9 Å². The van der Waals surface area contributed by atoms with Crippen molar-refractivity contribution in [2.45, 2.75) is 0 Å². The Kier molecular flexibility index (Phi) is 5.44. The van der Waals surface area contributed by atoms with Crippen LogP contribution in [0.15, 0.2) is 35.7 Å². The minimum atomic E-state index is -0.625. The summed E-state index contributed by atoms with van der Waals surface area (Å²) in [6.45, 7) is 2.15. The number of hydrogen-bond donors (Lipinski definition) is 2. The highest BCUT2D eigenvalue weighted by Gasteiger charge is 2.22. The Labute approximate surface area is 152 Å². The van der Waals surface area contributed by atoms with Gasteiger partial charge in [0.2, 0.25) is 0 Å². The van der Waals surface area contributed by atoms with E-state index in [1.165, 1.54) is 23.5 Å². The zero-order valence-electron chi connectivity index (χ0n) is 13.6. The van der Waals surface area contributed by atoms with Gasteiger partial charge in [-0.05, 0) is 17.5 Å². The number of thiophene rings is 1. The van der Waals surface area contributed by atoms with Gasteiger partial charge in [0.25, 0.3) is 17.5 Å². The first-order chi connectivity index (χ1) is 12.6. The van der Waals surface area contributed by atoms with Gasteiger partial charge in [-0.2, -0.15) is 0 Å². The molecule has 136 valence electrons. The molecule has 0 radical (unpaired) electrons. The van der Waals surface area contributed by atoms with E-state index in [-0.39, 0.29) is 11.3 Å². The number of benzene rings is 1. The van der Waals surface area contributed by atoms with E-state index in [2.05, 4.69) is 10.9 Å². The molecular formula is C16H16N4O5S. The molecule has 0 aliphatic carbocycles. The maximum Gasteiger partial charge on any atom is 0.279 e. The number of nitro benzene ring substituents is 1. The topological polar surface area (TPSA) is 114 Å². The number of non-ortho nitro benzene ring substituents is 1. The lowest BCUT2D eigenvalue weighted by atomic mass is 10.1. The number of carbonyl (C=O) groups excluding carboxylic acids is 2. The fraction of sp³-hybridized carbons (Fsp3) is 0.250. The third-order valence-electron chi connectivity index (χ3n) is 3.82. The molecule has 1 aliphatic rings. The van der Waals surface area contributed by atoms with E-state index < -0.39 is 16.7 Å². The molecule has 1 aromatic heterocycles. The molecule has 0 spiro atoms. The summed E-state index contributed by atoms with van der Waals surface area (Å²) in [5.74, 6) is -1.08. The van der Waals surface area contributed by atoms with E-state index in [1.807, 2.05) is 4.90 Å². The third-order valence-corrected chi connectivity index (χ3v) is 4.69. The lowest BCUT2D eigenvalue weighted by Crippen LogP contribution is -2.43. The number of hydrogen-bond acceptors (Lipinski definition) is 7. The highest BCUT2D eigenvalue weighted by Crippen LogP contribution is 2.26. The van der Waals surface area contributed by atoms with Crippen molar-refractivity contribution in [3.8, 4) is 0 Å². The molecule has 2 heterocycles. The van der Waals surface area contributed by atoms with E-state index in [4.69, 9.17) is 4.74 Å². The van der Waals surface area contributed by atoms with Gasteiger partial charge < -0.3 is 9.64 Å². The summed E-state index contributed by atoms with van der Waals surface area (Å²) in [5, 5.41) is 12.8. The summed E-state index contributed by atoms with van der Waals surface area (Å²) in [5.41, 5.74) is 5.12. The van der Waals surface area contributed by atoms with Crippen molar-refractivity contribution in [2.75, 3.05) is 31.2 Å². The molecule has 2 N–H and O–H groups in total. The zero-order chi connectivity index (χ0) is 18.5. The van der Waals surface area contributed by atoms with E-state index in [9.17, 15) is 19.7 Å². The second kappa shape index (κ2) is 7.93. The van der Waals surface area contributed by atoms with E-state index in [1.54, 1.807) is 23.6 Å². The van der Waals surface area contributed by atoms with Crippen molar-refractivity contribution in [3.05, 3.63) is 56.3 Å². The average Bonchev–Trinajstić information content (AvgIpc) is 3.21. The number of ether oxygens (including phenoxy) is 1. The van der Waals surface area contributed by atoms with Crippen LogP contribution < -0.4 is 15.8 Å². The van der Waals surface area contributed by atoms with Crippen LogP contribution in [0.5, 0.6) is 0 Å². The Morgan fingerprint density at radius 2 is 1.88 bits per heavy atom. The highest BCUT2D eigenvalue weighted by molar-refractivity contribution is 7.12. The molecule has 0 atom stereocenters. The van der Waals surface area contributed by atoms with Gasteiger partial charge in [-0.1, -0.05) is 6.07 Å². The largest absolute Gasteiger partial charge is 0.378 e. The second-order valence-corrected chi connectivity index (χ2v) is 6.39. The highest BCUT2D eigenvalue weighted by atomic mass is 32.1. The van der Waals surface area contributed by atoms with Crippen molar-refractivity contribution in [2.24, 2.45) is 0 Å². The van der Waals surface area contributed by atoms with Crippen LogP contribution in [-0.4, -0.2) is 43.0 Å². The summed E-state index contributed by atoms with van der Waals surface area (Å²) in [4.78, 5) is 37.4. The van der Waals surface area contributed by atoms with Gasteiger partial charge >= 0.3 is 0 Å². The summed E-state index contributed by atoms with van der Waals surface area (Å²) in [6, 6.07) is 7.44. The Balaban J connectivity index is 1.80. The lowest BCUT2D eigenvalue weighted by molar-refractivity contribution is -0.384. The van der Waals surface area contributed by atoms with Crippen LogP contribution in [0.3, 0.4) is 0 Å². The first kappa shape index (κ1) is 17.8. The van der Waals surface area contributed by atoms with Gasteiger partial charge in [-0.3, -0.25) is 30.6 Å². The molecule has 0 saturated carbocycles. The molecular weight excluding hydrogens is 360 g/mol. The summed E-state index contributed by atoms with van der Waals surface area (Å²) >= 11 is 1.24. The van der Waals surface area contributed by atoms with Gasteiger partial charge in [0.15, 0.2) is 0 Å². The number of carbonyl (C=O) groups is 2. The standard InChI is InChI=1S/C16H16N4O5S/c21-15(17-18-16(22)14-2-1-9-26-14)12-10-11(20(23)24)3-4-13(12)19-5-7-25-8-6-19/h1-4,9-10H,5-8H2,(H,17,21)(H,18,22). The predicted octanol–water partition coefficient (Wildman–Crippen LogP) is 1.57. The van der Waals surface area contributed by atoms with E-state index >= 15 is 0 Å². The smallest absolute Gasteiger partial charge is 0.279 e. The van der Waals surface area contributed by atoms with E-state index in [0.29, 0.717) is 36.9 Å². The van der Waals surface area contributed by atoms with Gasteiger partial charge in [0.05, 0.1) is 34.3 Å². The molecule has 3 rings (SSSR count). The third kappa shape index (κ3) is 3.98. The van der Waals surface area contributed by atoms with Gasteiger partial charge in [0.1, 0.15) is 0 Å². The molecule has 1 saturated heterocycles. The van der Waals surface area contributed by atoms with Crippen molar-refractivity contribution in [3.63, 3.8) is 0 Å². The predicted molar refractivity (Wildman–Crippen MR) is 95.4 cm³/mol. The minimum Gasteiger partial charge on any atom is -0.378 e. The van der Waals surface area contributed by atoms with Crippen molar-refractivity contribution >= 4 is 34.5 Å². The summed E-state index contributed by atoms with van der Waals surface area (Å²) in [6.07, 6.45) is 0. The molecule has 10 heteroatoms. The number of morpholine rings is 1. The van der Waals surface area contributed by atoms with Crippen LogP contribution in [-0.2, 0) is 4.74 Å². The normalized spacial score (nSPS) is 13.9. The number of hydrazine groups is 1. The molecule has 2 aromatic rings. The number of nitrogens with one attached hydrogen (secondary N) is 2. The fourth-order valence-electron chi connectivity index (χ4n) is 2.55. The lowest BCUT2D eigenvalue weighted by Gasteiger charge is -2.30. The monoisotopic (exact) mass is 376 g/mol. The van der Waals surface area contributed by atoms with Gasteiger partial charge in [-0.25, -0.2) is 0 Å². The molecule has 0 bridgehead atoms. The number of nitro groups is 1. The van der Waals surface area contributed by atoms with Crippen LogP contribution >= 0.6 is 11.3 Å². The molecule has 26 heavy (non-hydrogen) atoms.